The molecule has 3 heterocycles. The number of aryl methyl sites for hydroxylation is 1. The summed E-state index contributed by atoms with van der Waals surface area (Å²) in [6, 6.07) is 11.5. The van der Waals surface area contributed by atoms with Gasteiger partial charge >= 0.3 is 0 Å². The van der Waals surface area contributed by atoms with Gasteiger partial charge in [0.1, 0.15) is 6.04 Å². The van der Waals surface area contributed by atoms with E-state index in [4.69, 9.17) is 5.73 Å². The summed E-state index contributed by atoms with van der Waals surface area (Å²) >= 11 is 1.52. The average Bonchev–Trinajstić information content (AvgIpc) is 3.64. The Morgan fingerprint density at radius 3 is 2.26 bits per heavy atom. The average molecular weight is 590 g/mol. The second-order valence-corrected chi connectivity index (χ2v) is 12.8. The van der Waals surface area contributed by atoms with Gasteiger partial charge in [0.25, 0.3) is 11.8 Å². The molecule has 2 aromatic carbocycles. The number of rotatable bonds is 7. The van der Waals surface area contributed by atoms with Gasteiger partial charge in [0.15, 0.2) is 0 Å². The minimum Gasteiger partial charge on any atom is -0.391 e. The Morgan fingerprint density at radius 1 is 1.10 bits per heavy atom. The van der Waals surface area contributed by atoms with Crippen molar-refractivity contribution in [3.8, 4) is 10.4 Å². The van der Waals surface area contributed by atoms with Gasteiger partial charge in [-0.15, -0.1) is 11.3 Å². The number of β-amino-alcohol motifs (C(OH)–C–C–N with tert-alkyl or cyclic N) is 1. The summed E-state index contributed by atoms with van der Waals surface area (Å²) in [5, 5.41) is 13.4. The highest BCUT2D eigenvalue weighted by molar-refractivity contribution is 7.13. The Balaban J connectivity index is 1.43. The molecule has 5 rings (SSSR count). The van der Waals surface area contributed by atoms with Crippen LogP contribution in [-0.4, -0.2) is 74.8 Å². The van der Waals surface area contributed by atoms with Crippen LogP contribution in [0.1, 0.15) is 65.2 Å². The molecule has 1 fully saturated rings. The molecule has 10 nitrogen and oxygen atoms in total. The van der Waals surface area contributed by atoms with Crippen LogP contribution in [0.2, 0.25) is 0 Å². The van der Waals surface area contributed by atoms with E-state index >= 15 is 0 Å². The van der Waals surface area contributed by atoms with E-state index in [9.17, 15) is 24.3 Å². The van der Waals surface area contributed by atoms with E-state index < -0.39 is 53.3 Å². The summed E-state index contributed by atoms with van der Waals surface area (Å²) in [5.74, 6) is -1.78. The minimum atomic E-state index is -0.954. The number of fused-ring (bicyclic) bond motifs is 1. The van der Waals surface area contributed by atoms with Crippen LogP contribution >= 0.6 is 11.3 Å². The first-order chi connectivity index (χ1) is 19.9. The van der Waals surface area contributed by atoms with Gasteiger partial charge in [0.2, 0.25) is 11.8 Å². The van der Waals surface area contributed by atoms with E-state index in [-0.39, 0.29) is 19.5 Å². The maximum Gasteiger partial charge on any atom is 0.261 e. The molecule has 4 atom stereocenters. The highest BCUT2D eigenvalue weighted by Gasteiger charge is 2.44. The normalized spacial score (nSPS) is 20.0. The number of aliphatic hydroxyl groups is 1. The van der Waals surface area contributed by atoms with Crippen molar-refractivity contribution in [2.45, 2.75) is 58.3 Å². The molecule has 0 bridgehead atoms. The van der Waals surface area contributed by atoms with Gasteiger partial charge in [-0.3, -0.25) is 24.1 Å². The number of likely N-dealkylation sites (tertiary alicyclic amines) is 1. The van der Waals surface area contributed by atoms with Crippen molar-refractivity contribution in [1.29, 1.82) is 0 Å². The van der Waals surface area contributed by atoms with Crippen molar-refractivity contribution in [3.63, 3.8) is 0 Å². The quantitative estimate of drug-likeness (QED) is 0.359. The molecule has 2 aliphatic heterocycles. The van der Waals surface area contributed by atoms with Gasteiger partial charge in [-0.2, -0.15) is 0 Å². The lowest BCUT2D eigenvalue weighted by molar-refractivity contribution is -0.141. The van der Waals surface area contributed by atoms with Gasteiger partial charge in [-0.05, 0) is 35.6 Å². The van der Waals surface area contributed by atoms with Crippen molar-refractivity contribution in [2.24, 2.45) is 11.1 Å². The third kappa shape index (κ3) is 5.59. The number of nitrogens with two attached hydrogens (primary N) is 1. The number of aromatic nitrogens is 1. The number of amides is 4. The molecule has 0 saturated carbocycles. The van der Waals surface area contributed by atoms with E-state index in [0.717, 1.165) is 21.0 Å². The first-order valence-electron chi connectivity index (χ1n) is 13.9. The molecule has 2 aliphatic rings. The molecule has 0 spiro atoms. The molecule has 0 radical (unpaired) electrons. The molecule has 0 aliphatic carbocycles. The maximum atomic E-state index is 13.8. The van der Waals surface area contributed by atoms with E-state index in [0.29, 0.717) is 16.7 Å². The lowest BCUT2D eigenvalue weighted by Gasteiger charge is -2.33. The van der Waals surface area contributed by atoms with Crippen LogP contribution in [-0.2, 0) is 9.59 Å². The van der Waals surface area contributed by atoms with Gasteiger partial charge in [0.05, 0.1) is 51.9 Å². The number of nitrogens with zero attached hydrogens (tertiary/aromatic N) is 3. The maximum absolute atomic E-state index is 13.8. The van der Waals surface area contributed by atoms with Crippen LogP contribution in [0, 0.1) is 12.3 Å². The van der Waals surface area contributed by atoms with E-state index in [1.807, 2.05) is 52.0 Å². The Labute approximate surface area is 248 Å². The number of imide groups is 1. The lowest BCUT2D eigenvalue weighted by atomic mass is 9.86. The fourth-order valence-corrected chi connectivity index (χ4v) is 6.20. The van der Waals surface area contributed by atoms with Crippen molar-refractivity contribution in [3.05, 3.63) is 76.4 Å². The third-order valence-corrected chi connectivity index (χ3v) is 8.92. The van der Waals surface area contributed by atoms with Crippen LogP contribution in [0.5, 0.6) is 0 Å². The zero-order chi connectivity index (χ0) is 30.3. The molecule has 1 aromatic heterocycles. The summed E-state index contributed by atoms with van der Waals surface area (Å²) in [5.41, 5.74) is 10.6. The number of thiazole rings is 1. The van der Waals surface area contributed by atoms with Gasteiger partial charge in [-0.25, -0.2) is 4.98 Å². The number of hydrogen-bond donors (Lipinski definition) is 3. The molecule has 2 unspecified atom stereocenters. The van der Waals surface area contributed by atoms with Crippen molar-refractivity contribution in [1.82, 2.24) is 20.1 Å². The summed E-state index contributed by atoms with van der Waals surface area (Å²) in [4.78, 5) is 61.3. The van der Waals surface area contributed by atoms with Crippen molar-refractivity contribution >= 4 is 35.0 Å². The molecule has 1 saturated heterocycles. The van der Waals surface area contributed by atoms with Crippen LogP contribution in [0.25, 0.3) is 10.4 Å². The van der Waals surface area contributed by atoms with Gasteiger partial charge < -0.3 is 21.1 Å². The fraction of sp³-hybridized carbons (Fsp3) is 0.387. The number of benzene rings is 2. The standard InChI is InChI=1S/C31H35N5O5S/c1-17-25(42-16-33-17)19-11-9-18(10-12-19)23(15-36-28(39)21-7-5-6-8-22(21)29(36)40)34-27(38)24-13-20(37)14-35(24)30(41)26(32)31(2,3)4/h5-12,16,20,23-24,26,37H,13-15,32H2,1-4H3,(H,34,38)/t20-,23?,24+,26?/m1/s1. The predicted molar refractivity (Wildman–Crippen MR) is 159 cm³/mol. The number of carbonyl (C=O) groups excluding carboxylic acids is 4. The first-order valence-corrected chi connectivity index (χ1v) is 14.7. The summed E-state index contributed by atoms with van der Waals surface area (Å²) in [6.07, 6.45) is -0.828. The Morgan fingerprint density at radius 2 is 1.71 bits per heavy atom. The lowest BCUT2D eigenvalue weighted by Crippen LogP contribution is -2.55. The Kier molecular flexibility index (Phi) is 8.02. The van der Waals surface area contributed by atoms with Gasteiger partial charge in [0, 0.05) is 13.0 Å². The number of hydrogen-bond acceptors (Lipinski definition) is 8. The number of carbonyl (C=O) groups is 4. The van der Waals surface area contributed by atoms with Crippen LogP contribution in [0.4, 0.5) is 0 Å². The number of nitrogens with one attached hydrogen (secondary N) is 1. The SMILES string of the molecule is Cc1ncsc1-c1ccc(C(CN2C(=O)c3ccccc3C2=O)NC(=O)[C@@H]2C[C@@H](O)CN2C(=O)C(N)C(C)(C)C)cc1. The first kappa shape index (κ1) is 29.6. The van der Waals surface area contributed by atoms with Crippen LogP contribution < -0.4 is 11.1 Å². The Bertz CT molecular complexity index is 1490. The molecule has 220 valence electrons. The minimum absolute atomic E-state index is 0.00727. The van der Waals surface area contributed by atoms with Crippen LogP contribution in [0.15, 0.2) is 54.0 Å². The molecule has 11 heteroatoms. The second-order valence-electron chi connectivity index (χ2n) is 12.0. The highest BCUT2D eigenvalue weighted by Crippen LogP contribution is 2.31. The predicted octanol–water partition coefficient (Wildman–Crippen LogP) is 2.91. The summed E-state index contributed by atoms with van der Waals surface area (Å²) < 4.78 is 0. The third-order valence-electron chi connectivity index (χ3n) is 7.94. The van der Waals surface area contributed by atoms with Crippen LogP contribution in [0.3, 0.4) is 0 Å². The molecule has 3 aromatic rings. The zero-order valence-corrected chi connectivity index (χ0v) is 24.9. The molecule has 4 N–H and O–H groups in total. The monoisotopic (exact) mass is 589 g/mol. The molecule has 42 heavy (non-hydrogen) atoms. The Hall–Kier alpha value is -3.93. The number of aliphatic hydroxyl groups excluding tert-OH is 1. The zero-order valence-electron chi connectivity index (χ0n) is 24.0. The van der Waals surface area contributed by atoms with Crippen molar-refractivity contribution in [2.75, 3.05) is 13.1 Å². The highest BCUT2D eigenvalue weighted by atomic mass is 32.1. The molecule has 4 amide bonds. The molecular formula is C31H35N5O5S. The summed E-state index contributed by atoms with van der Waals surface area (Å²) in [6.45, 7) is 7.33. The van der Waals surface area contributed by atoms with Crippen molar-refractivity contribution < 1.29 is 24.3 Å². The van der Waals surface area contributed by atoms with E-state index in [1.165, 1.54) is 16.2 Å². The fourth-order valence-electron chi connectivity index (χ4n) is 5.39. The van der Waals surface area contributed by atoms with Gasteiger partial charge in [-0.1, -0.05) is 57.2 Å². The summed E-state index contributed by atoms with van der Waals surface area (Å²) in [7, 11) is 0. The van der Waals surface area contributed by atoms with E-state index in [1.54, 1.807) is 29.8 Å². The topological polar surface area (TPSA) is 146 Å². The smallest absolute Gasteiger partial charge is 0.261 e. The largest absolute Gasteiger partial charge is 0.391 e. The molecular weight excluding hydrogens is 554 g/mol. The second kappa shape index (κ2) is 11.4. The van der Waals surface area contributed by atoms with E-state index in [2.05, 4.69) is 10.3 Å².